The first-order chi connectivity index (χ1) is 8.61. The van der Waals surface area contributed by atoms with Gasteiger partial charge in [-0.25, -0.2) is 0 Å². The van der Waals surface area contributed by atoms with Gasteiger partial charge in [0.25, 0.3) is 0 Å². The number of hydrogen-bond acceptors (Lipinski definition) is 4. The van der Waals surface area contributed by atoms with Crippen LogP contribution >= 0.6 is 11.8 Å². The number of unbranched alkanes of at least 4 members (excludes halogenated alkanes) is 2. The van der Waals surface area contributed by atoms with Crippen LogP contribution in [0.25, 0.3) is 0 Å². The zero-order valence-electron chi connectivity index (χ0n) is 10.3. The maximum absolute atomic E-state index is 10.5. The lowest BCUT2D eigenvalue weighted by Crippen LogP contribution is -2.29. The van der Waals surface area contributed by atoms with Gasteiger partial charge in [-0.15, -0.1) is 11.8 Å². The van der Waals surface area contributed by atoms with Crippen molar-refractivity contribution in [2.75, 3.05) is 11.5 Å². The molecule has 1 rings (SSSR count). The molecule has 0 unspecified atom stereocenters. The lowest BCUT2D eigenvalue weighted by molar-refractivity contribution is -0.138. The lowest BCUT2D eigenvalue weighted by Gasteiger charge is -2.06. The van der Waals surface area contributed by atoms with Crippen LogP contribution in [0.5, 0.6) is 0 Å². The molecule has 1 aromatic rings. The van der Waals surface area contributed by atoms with Gasteiger partial charge < -0.3 is 16.6 Å². The van der Waals surface area contributed by atoms with Crippen LogP contribution in [0, 0.1) is 0 Å². The van der Waals surface area contributed by atoms with Crippen molar-refractivity contribution >= 4 is 23.4 Å². The van der Waals surface area contributed by atoms with Gasteiger partial charge in [-0.05, 0) is 30.7 Å². The number of carboxylic acid groups (broad SMARTS) is 1. The standard InChI is InChI=1S/C13H20N2O2S/c14-10-6-3-4-8-12(10)18-9-5-1-2-7-11(15)13(16)17/h3-4,6,8,11H,1-2,5,7,9,14-15H2,(H,16,17)/t11-/m1/s1. The minimum Gasteiger partial charge on any atom is -0.480 e. The Bertz CT molecular complexity index is 385. The highest BCUT2D eigenvalue weighted by molar-refractivity contribution is 7.99. The predicted molar refractivity (Wildman–Crippen MR) is 75.7 cm³/mol. The van der Waals surface area contributed by atoms with E-state index in [1.54, 1.807) is 11.8 Å². The summed E-state index contributed by atoms with van der Waals surface area (Å²) >= 11 is 1.74. The van der Waals surface area contributed by atoms with Crippen LogP contribution in [0.3, 0.4) is 0 Å². The van der Waals surface area contributed by atoms with E-state index in [4.69, 9.17) is 16.6 Å². The van der Waals surface area contributed by atoms with Crippen molar-refractivity contribution in [1.82, 2.24) is 0 Å². The summed E-state index contributed by atoms with van der Waals surface area (Å²) in [6.07, 6.45) is 3.46. The van der Waals surface area contributed by atoms with Crippen molar-refractivity contribution in [1.29, 1.82) is 0 Å². The van der Waals surface area contributed by atoms with E-state index in [1.165, 1.54) is 0 Å². The Balaban J connectivity index is 2.09. The smallest absolute Gasteiger partial charge is 0.320 e. The molecule has 0 saturated carbocycles. The average molecular weight is 268 g/mol. The first-order valence-electron chi connectivity index (χ1n) is 6.07. The second-order valence-corrected chi connectivity index (χ2v) is 5.32. The van der Waals surface area contributed by atoms with Crippen molar-refractivity contribution < 1.29 is 9.90 Å². The lowest BCUT2D eigenvalue weighted by atomic mass is 10.1. The van der Waals surface area contributed by atoms with Crippen LogP contribution in [0.4, 0.5) is 5.69 Å². The van der Waals surface area contributed by atoms with Crippen molar-refractivity contribution in [2.24, 2.45) is 5.73 Å². The number of carbonyl (C=O) groups is 1. The number of nitrogen functional groups attached to an aromatic ring is 1. The number of carboxylic acids is 1. The quantitative estimate of drug-likeness (QED) is 0.382. The van der Waals surface area contributed by atoms with Crippen molar-refractivity contribution in [3.63, 3.8) is 0 Å². The molecule has 5 N–H and O–H groups in total. The zero-order valence-corrected chi connectivity index (χ0v) is 11.2. The first-order valence-corrected chi connectivity index (χ1v) is 7.05. The van der Waals surface area contributed by atoms with E-state index in [0.717, 1.165) is 35.6 Å². The van der Waals surface area contributed by atoms with Gasteiger partial charge in [0, 0.05) is 10.6 Å². The molecule has 0 bridgehead atoms. The van der Waals surface area contributed by atoms with Crippen LogP contribution in [-0.4, -0.2) is 22.9 Å². The number of aliphatic carboxylic acids is 1. The Morgan fingerprint density at radius 2 is 2.00 bits per heavy atom. The van der Waals surface area contributed by atoms with Gasteiger partial charge in [0.05, 0.1) is 0 Å². The summed E-state index contributed by atoms with van der Waals surface area (Å²) in [5, 5.41) is 8.62. The fourth-order valence-electron chi connectivity index (χ4n) is 1.56. The number of benzene rings is 1. The average Bonchev–Trinajstić information content (AvgIpc) is 2.35. The highest BCUT2D eigenvalue weighted by Crippen LogP contribution is 2.25. The molecule has 1 aromatic carbocycles. The molecule has 0 radical (unpaired) electrons. The molecular formula is C13H20N2O2S. The summed E-state index contributed by atoms with van der Waals surface area (Å²) in [4.78, 5) is 11.6. The van der Waals surface area contributed by atoms with Crippen LogP contribution in [0.1, 0.15) is 25.7 Å². The van der Waals surface area contributed by atoms with E-state index in [-0.39, 0.29) is 0 Å². The predicted octanol–water partition coefficient (Wildman–Crippen LogP) is 2.33. The molecule has 0 heterocycles. The Morgan fingerprint density at radius 1 is 1.28 bits per heavy atom. The minimum atomic E-state index is -0.915. The van der Waals surface area contributed by atoms with Crippen molar-refractivity contribution in [2.45, 2.75) is 36.6 Å². The van der Waals surface area contributed by atoms with Crippen molar-refractivity contribution in [3.05, 3.63) is 24.3 Å². The summed E-state index contributed by atoms with van der Waals surface area (Å²) in [5.41, 5.74) is 12.1. The SMILES string of the molecule is Nc1ccccc1SCCCCC[C@@H](N)C(=O)O. The Morgan fingerprint density at radius 3 is 2.67 bits per heavy atom. The summed E-state index contributed by atoms with van der Waals surface area (Å²) in [7, 11) is 0. The molecule has 0 aliphatic rings. The van der Waals surface area contributed by atoms with Gasteiger partial charge in [-0.2, -0.15) is 0 Å². The number of hydrogen-bond donors (Lipinski definition) is 3. The van der Waals surface area contributed by atoms with E-state index in [1.807, 2.05) is 24.3 Å². The molecule has 1 atom stereocenters. The molecule has 5 heteroatoms. The summed E-state index contributed by atoms with van der Waals surface area (Å²) in [5.74, 6) is 0.0812. The second kappa shape index (κ2) is 8.00. The molecule has 0 aliphatic carbocycles. The van der Waals surface area contributed by atoms with Gasteiger partial charge in [-0.1, -0.05) is 25.0 Å². The van der Waals surface area contributed by atoms with Crippen LogP contribution in [0.15, 0.2) is 29.2 Å². The normalized spacial score (nSPS) is 12.3. The monoisotopic (exact) mass is 268 g/mol. The highest BCUT2D eigenvalue weighted by atomic mass is 32.2. The third kappa shape index (κ3) is 5.42. The molecule has 0 spiro atoms. The molecule has 0 saturated heterocycles. The summed E-state index contributed by atoms with van der Waals surface area (Å²) in [6.45, 7) is 0. The molecule has 100 valence electrons. The number of thioether (sulfide) groups is 1. The summed E-state index contributed by atoms with van der Waals surface area (Å²) in [6, 6.07) is 7.09. The largest absolute Gasteiger partial charge is 0.480 e. The molecule has 0 fully saturated rings. The third-order valence-corrected chi connectivity index (χ3v) is 3.83. The van der Waals surface area contributed by atoms with Crippen molar-refractivity contribution in [3.8, 4) is 0 Å². The molecule has 4 nitrogen and oxygen atoms in total. The Labute approximate surface area is 112 Å². The van der Waals surface area contributed by atoms with Gasteiger partial charge in [0.15, 0.2) is 0 Å². The van der Waals surface area contributed by atoms with E-state index < -0.39 is 12.0 Å². The molecule has 0 amide bonds. The molecular weight excluding hydrogens is 248 g/mol. The van der Waals surface area contributed by atoms with Gasteiger partial charge in [-0.3, -0.25) is 4.79 Å². The number of nitrogens with two attached hydrogens (primary N) is 2. The fraction of sp³-hybridized carbons (Fsp3) is 0.462. The Hall–Kier alpha value is -1.20. The third-order valence-electron chi connectivity index (χ3n) is 2.65. The van der Waals surface area contributed by atoms with Gasteiger partial charge >= 0.3 is 5.97 Å². The fourth-order valence-corrected chi connectivity index (χ4v) is 2.54. The van der Waals surface area contributed by atoms with Gasteiger partial charge in [0.2, 0.25) is 0 Å². The maximum Gasteiger partial charge on any atom is 0.320 e. The summed E-state index contributed by atoms with van der Waals surface area (Å²) < 4.78 is 0. The topological polar surface area (TPSA) is 89.3 Å². The van der Waals surface area contributed by atoms with Crippen LogP contribution in [0.2, 0.25) is 0 Å². The zero-order chi connectivity index (χ0) is 13.4. The number of rotatable bonds is 8. The van der Waals surface area contributed by atoms with E-state index >= 15 is 0 Å². The Kier molecular flexibility index (Phi) is 6.60. The molecule has 18 heavy (non-hydrogen) atoms. The number of para-hydroxylation sites is 1. The first kappa shape index (κ1) is 14.9. The van der Waals surface area contributed by atoms with E-state index in [9.17, 15) is 4.79 Å². The van der Waals surface area contributed by atoms with Gasteiger partial charge in [0.1, 0.15) is 6.04 Å². The second-order valence-electron chi connectivity index (χ2n) is 4.18. The molecule has 0 aromatic heterocycles. The van der Waals surface area contributed by atoms with E-state index in [0.29, 0.717) is 6.42 Å². The van der Waals surface area contributed by atoms with Crippen LogP contribution in [-0.2, 0) is 4.79 Å². The number of anilines is 1. The highest BCUT2D eigenvalue weighted by Gasteiger charge is 2.09. The minimum absolute atomic E-state index is 0.549. The van der Waals surface area contributed by atoms with E-state index in [2.05, 4.69) is 0 Å². The molecule has 0 aliphatic heterocycles. The van der Waals surface area contributed by atoms with Crippen LogP contribution < -0.4 is 11.5 Å². The maximum atomic E-state index is 10.5.